The van der Waals surface area contributed by atoms with E-state index in [9.17, 15) is 0 Å². The van der Waals surface area contributed by atoms with Crippen molar-refractivity contribution in [2.45, 2.75) is 33.1 Å². The lowest BCUT2D eigenvalue weighted by molar-refractivity contribution is 0.335. The van der Waals surface area contributed by atoms with E-state index in [2.05, 4.69) is 32.9 Å². The molecule has 0 aliphatic rings. The van der Waals surface area contributed by atoms with Crippen molar-refractivity contribution in [3.63, 3.8) is 0 Å². The molecule has 1 rings (SSSR count). The fourth-order valence-electron chi connectivity index (χ4n) is 1.79. The highest BCUT2D eigenvalue weighted by atomic mass is 16.5. The Morgan fingerprint density at radius 1 is 1.25 bits per heavy atom. The zero-order valence-electron chi connectivity index (χ0n) is 10.8. The maximum absolute atomic E-state index is 5.91. The zero-order valence-corrected chi connectivity index (χ0v) is 10.8. The fraction of sp³-hybridized carbons (Fsp3) is 0.571. The normalized spacial score (nSPS) is 14.9. The van der Waals surface area contributed by atoms with Gasteiger partial charge in [0.15, 0.2) is 0 Å². The van der Waals surface area contributed by atoms with Crippen molar-refractivity contribution in [2.24, 2.45) is 11.7 Å². The van der Waals surface area contributed by atoms with Crippen molar-refractivity contribution < 1.29 is 4.74 Å². The second-order valence-corrected chi connectivity index (χ2v) is 4.73. The van der Waals surface area contributed by atoms with E-state index in [-0.39, 0.29) is 5.41 Å². The maximum atomic E-state index is 5.91. The molecule has 0 aliphatic heterocycles. The van der Waals surface area contributed by atoms with Gasteiger partial charge >= 0.3 is 0 Å². The highest BCUT2D eigenvalue weighted by Crippen LogP contribution is 2.31. The van der Waals surface area contributed by atoms with Gasteiger partial charge in [-0.3, -0.25) is 0 Å². The standard InChI is InChI=1S/C14H23NO/c1-5-16-13-8-6-12(7-9-13)14(4,10-15)11(2)3/h6-9,11H,5,10,15H2,1-4H3. The second-order valence-electron chi connectivity index (χ2n) is 4.73. The quantitative estimate of drug-likeness (QED) is 0.829. The van der Waals surface area contributed by atoms with Gasteiger partial charge in [0.25, 0.3) is 0 Å². The van der Waals surface area contributed by atoms with Crippen LogP contribution in [0.4, 0.5) is 0 Å². The summed E-state index contributed by atoms with van der Waals surface area (Å²) >= 11 is 0. The molecule has 2 heteroatoms. The first kappa shape index (κ1) is 13.0. The van der Waals surface area contributed by atoms with Gasteiger partial charge in [0, 0.05) is 12.0 Å². The Bertz CT molecular complexity index is 318. The van der Waals surface area contributed by atoms with Crippen molar-refractivity contribution in [1.82, 2.24) is 0 Å². The van der Waals surface area contributed by atoms with Crippen molar-refractivity contribution in [3.05, 3.63) is 29.8 Å². The highest BCUT2D eigenvalue weighted by Gasteiger charge is 2.28. The van der Waals surface area contributed by atoms with Crippen LogP contribution in [0.3, 0.4) is 0 Å². The smallest absolute Gasteiger partial charge is 0.119 e. The third kappa shape index (κ3) is 2.56. The topological polar surface area (TPSA) is 35.2 Å². The molecule has 1 aromatic carbocycles. The van der Waals surface area contributed by atoms with E-state index in [0.717, 1.165) is 5.75 Å². The van der Waals surface area contributed by atoms with E-state index in [0.29, 0.717) is 19.1 Å². The molecule has 2 N–H and O–H groups in total. The van der Waals surface area contributed by atoms with Gasteiger partial charge in [-0.15, -0.1) is 0 Å². The monoisotopic (exact) mass is 221 g/mol. The summed E-state index contributed by atoms with van der Waals surface area (Å²) in [6, 6.07) is 8.29. The molecule has 0 fully saturated rings. The van der Waals surface area contributed by atoms with Gasteiger partial charge in [-0.2, -0.15) is 0 Å². The summed E-state index contributed by atoms with van der Waals surface area (Å²) in [5, 5.41) is 0. The van der Waals surface area contributed by atoms with Crippen LogP contribution in [0.1, 0.15) is 33.3 Å². The molecule has 0 aromatic heterocycles. The van der Waals surface area contributed by atoms with Gasteiger partial charge < -0.3 is 10.5 Å². The van der Waals surface area contributed by atoms with Crippen molar-refractivity contribution in [3.8, 4) is 5.75 Å². The van der Waals surface area contributed by atoms with E-state index >= 15 is 0 Å². The lowest BCUT2D eigenvalue weighted by Crippen LogP contribution is -2.36. The highest BCUT2D eigenvalue weighted by molar-refractivity contribution is 5.32. The third-order valence-electron chi connectivity index (χ3n) is 3.52. The first-order chi connectivity index (χ1) is 7.54. The number of hydrogen-bond acceptors (Lipinski definition) is 2. The molecule has 16 heavy (non-hydrogen) atoms. The summed E-state index contributed by atoms with van der Waals surface area (Å²) in [7, 11) is 0. The summed E-state index contributed by atoms with van der Waals surface area (Å²) < 4.78 is 5.44. The van der Waals surface area contributed by atoms with Crippen LogP contribution < -0.4 is 10.5 Å². The van der Waals surface area contributed by atoms with Crippen LogP contribution in [0.5, 0.6) is 5.75 Å². The van der Waals surface area contributed by atoms with Crippen molar-refractivity contribution in [1.29, 1.82) is 0 Å². The number of benzene rings is 1. The first-order valence-electron chi connectivity index (χ1n) is 5.98. The Hall–Kier alpha value is -1.02. The minimum Gasteiger partial charge on any atom is -0.494 e. The zero-order chi connectivity index (χ0) is 12.2. The van der Waals surface area contributed by atoms with Crippen LogP contribution in [0.25, 0.3) is 0 Å². The fourth-order valence-corrected chi connectivity index (χ4v) is 1.79. The van der Waals surface area contributed by atoms with Gasteiger partial charge in [-0.05, 0) is 30.5 Å². The summed E-state index contributed by atoms with van der Waals surface area (Å²) in [5.74, 6) is 1.45. The molecular weight excluding hydrogens is 198 g/mol. The van der Waals surface area contributed by atoms with Crippen LogP contribution in [-0.2, 0) is 5.41 Å². The largest absolute Gasteiger partial charge is 0.494 e. The number of hydrogen-bond donors (Lipinski definition) is 1. The average Bonchev–Trinajstić information content (AvgIpc) is 2.29. The molecule has 1 unspecified atom stereocenters. The van der Waals surface area contributed by atoms with Crippen LogP contribution in [0.15, 0.2) is 24.3 Å². The number of rotatable bonds is 5. The Kier molecular flexibility index (Phi) is 4.36. The lowest BCUT2D eigenvalue weighted by atomic mass is 9.73. The Morgan fingerprint density at radius 3 is 2.19 bits per heavy atom. The predicted molar refractivity (Wildman–Crippen MR) is 68.9 cm³/mol. The molecule has 0 saturated carbocycles. The van der Waals surface area contributed by atoms with Crippen molar-refractivity contribution in [2.75, 3.05) is 13.2 Å². The Labute approximate surface area is 98.8 Å². The molecule has 0 amide bonds. The molecule has 0 radical (unpaired) electrons. The molecular formula is C14H23NO. The van der Waals surface area contributed by atoms with Gasteiger partial charge in [0.05, 0.1) is 6.61 Å². The molecule has 0 heterocycles. The van der Waals surface area contributed by atoms with E-state index < -0.39 is 0 Å². The molecule has 2 nitrogen and oxygen atoms in total. The molecule has 90 valence electrons. The molecule has 0 bridgehead atoms. The molecule has 0 saturated heterocycles. The van der Waals surface area contributed by atoms with Crippen molar-refractivity contribution >= 4 is 0 Å². The summed E-state index contributed by atoms with van der Waals surface area (Å²) in [6.07, 6.45) is 0. The molecule has 0 spiro atoms. The minimum atomic E-state index is 0.0464. The average molecular weight is 221 g/mol. The van der Waals surface area contributed by atoms with E-state index in [1.807, 2.05) is 19.1 Å². The summed E-state index contributed by atoms with van der Waals surface area (Å²) in [4.78, 5) is 0. The van der Waals surface area contributed by atoms with Crippen LogP contribution in [-0.4, -0.2) is 13.2 Å². The van der Waals surface area contributed by atoms with Crippen LogP contribution in [0, 0.1) is 5.92 Å². The molecule has 1 aromatic rings. The van der Waals surface area contributed by atoms with Crippen LogP contribution >= 0.6 is 0 Å². The predicted octanol–water partition coefficient (Wildman–Crippen LogP) is 2.96. The van der Waals surface area contributed by atoms with Gasteiger partial charge in [0.2, 0.25) is 0 Å². The number of nitrogens with two attached hydrogens (primary N) is 1. The van der Waals surface area contributed by atoms with E-state index in [1.165, 1.54) is 5.56 Å². The lowest BCUT2D eigenvalue weighted by Gasteiger charge is -2.33. The van der Waals surface area contributed by atoms with E-state index in [1.54, 1.807) is 0 Å². The molecule has 0 aliphatic carbocycles. The SMILES string of the molecule is CCOc1ccc(C(C)(CN)C(C)C)cc1. The molecule has 1 atom stereocenters. The third-order valence-corrected chi connectivity index (χ3v) is 3.52. The first-order valence-corrected chi connectivity index (χ1v) is 5.98. The number of ether oxygens (including phenoxy) is 1. The van der Waals surface area contributed by atoms with Crippen LogP contribution in [0.2, 0.25) is 0 Å². The van der Waals surface area contributed by atoms with Gasteiger partial charge in [-0.1, -0.05) is 32.9 Å². The Balaban J connectivity index is 2.95. The second kappa shape index (κ2) is 5.35. The maximum Gasteiger partial charge on any atom is 0.119 e. The summed E-state index contributed by atoms with van der Waals surface area (Å²) in [6.45, 7) is 10.0. The summed E-state index contributed by atoms with van der Waals surface area (Å²) in [5.41, 5.74) is 7.24. The Morgan fingerprint density at radius 2 is 1.81 bits per heavy atom. The van der Waals surface area contributed by atoms with Gasteiger partial charge in [0.1, 0.15) is 5.75 Å². The minimum absolute atomic E-state index is 0.0464. The van der Waals surface area contributed by atoms with E-state index in [4.69, 9.17) is 10.5 Å². The van der Waals surface area contributed by atoms with Gasteiger partial charge in [-0.25, -0.2) is 0 Å².